The average Bonchev–Trinajstić information content (AvgIpc) is 3.02. The Labute approximate surface area is 166 Å². The number of benzene rings is 2. The highest BCUT2D eigenvalue weighted by Gasteiger charge is 2.38. The number of aromatic nitrogens is 2. The van der Waals surface area contributed by atoms with Gasteiger partial charge in [0.25, 0.3) is 0 Å². The molecule has 148 valence electrons. The van der Waals surface area contributed by atoms with Crippen LogP contribution in [0.15, 0.2) is 48.5 Å². The van der Waals surface area contributed by atoms with E-state index in [-0.39, 0.29) is 5.92 Å². The van der Waals surface area contributed by atoms with Crippen LogP contribution in [0.5, 0.6) is 0 Å². The van der Waals surface area contributed by atoms with Crippen molar-refractivity contribution in [2.45, 2.75) is 32.1 Å². The Balaban J connectivity index is 1.45. The number of piperidine rings is 1. The fourth-order valence-electron chi connectivity index (χ4n) is 3.96. The molecular formula is C21H21ClF3N3. The molecule has 1 aromatic heterocycles. The van der Waals surface area contributed by atoms with Gasteiger partial charge in [-0.3, -0.25) is 4.90 Å². The molecule has 0 saturated carbocycles. The quantitative estimate of drug-likeness (QED) is 0.559. The van der Waals surface area contributed by atoms with Crippen LogP contribution in [0.1, 0.15) is 24.2 Å². The second-order valence-electron chi connectivity index (χ2n) is 7.38. The molecule has 0 atom stereocenters. The van der Waals surface area contributed by atoms with Crippen LogP contribution in [0.2, 0.25) is 5.02 Å². The summed E-state index contributed by atoms with van der Waals surface area (Å²) in [6.07, 6.45) is -2.72. The summed E-state index contributed by atoms with van der Waals surface area (Å²) in [5.41, 5.74) is 2.11. The summed E-state index contributed by atoms with van der Waals surface area (Å²) in [5, 5.41) is 0.721. The van der Waals surface area contributed by atoms with Gasteiger partial charge in [0.05, 0.1) is 11.0 Å². The van der Waals surface area contributed by atoms with Crippen LogP contribution in [0.4, 0.5) is 13.2 Å². The van der Waals surface area contributed by atoms with Crippen LogP contribution in [0.3, 0.4) is 0 Å². The molecule has 3 aromatic rings. The molecule has 2 aromatic carbocycles. The van der Waals surface area contributed by atoms with Gasteiger partial charge >= 0.3 is 6.18 Å². The van der Waals surface area contributed by atoms with Crippen LogP contribution in [-0.2, 0) is 19.3 Å². The lowest BCUT2D eigenvalue weighted by Crippen LogP contribution is -2.35. The molecule has 2 heterocycles. The van der Waals surface area contributed by atoms with Crippen molar-refractivity contribution in [3.05, 3.63) is 64.9 Å². The van der Waals surface area contributed by atoms with Crippen molar-refractivity contribution in [2.75, 3.05) is 13.1 Å². The topological polar surface area (TPSA) is 21.1 Å². The minimum absolute atomic E-state index is 0.203. The molecule has 1 fully saturated rings. The van der Waals surface area contributed by atoms with Gasteiger partial charge in [-0.2, -0.15) is 13.2 Å². The Morgan fingerprint density at radius 3 is 2.50 bits per heavy atom. The molecule has 1 saturated heterocycles. The Hall–Kier alpha value is -2.05. The van der Waals surface area contributed by atoms with E-state index < -0.39 is 12.0 Å². The lowest BCUT2D eigenvalue weighted by molar-refractivity contribution is -0.147. The highest BCUT2D eigenvalue weighted by Crippen LogP contribution is 2.33. The maximum absolute atomic E-state index is 13.5. The second-order valence-corrected chi connectivity index (χ2v) is 7.82. The Kier molecular flexibility index (Phi) is 5.34. The molecule has 3 nitrogen and oxygen atoms in total. The zero-order chi connectivity index (χ0) is 19.7. The summed E-state index contributed by atoms with van der Waals surface area (Å²) in [7, 11) is 0. The fraction of sp³-hybridized carbons (Fsp3) is 0.381. The van der Waals surface area contributed by atoms with Gasteiger partial charge in [-0.25, -0.2) is 4.98 Å². The first-order chi connectivity index (χ1) is 13.4. The third-order valence-corrected chi connectivity index (χ3v) is 5.59. The normalized spacial score (nSPS) is 16.7. The number of nitrogens with zero attached hydrogens (tertiary/aromatic N) is 3. The van der Waals surface area contributed by atoms with E-state index in [0.29, 0.717) is 17.6 Å². The van der Waals surface area contributed by atoms with Crippen LogP contribution in [0.25, 0.3) is 11.0 Å². The average molecular weight is 408 g/mol. The molecule has 0 unspecified atom stereocenters. The summed E-state index contributed by atoms with van der Waals surface area (Å²) in [6, 6.07) is 14.6. The van der Waals surface area contributed by atoms with Gasteiger partial charge in [-0.15, -0.1) is 0 Å². The Morgan fingerprint density at radius 2 is 1.79 bits per heavy atom. The van der Waals surface area contributed by atoms with Crippen LogP contribution >= 0.6 is 11.6 Å². The molecule has 0 aliphatic carbocycles. The van der Waals surface area contributed by atoms with E-state index in [4.69, 9.17) is 11.6 Å². The Morgan fingerprint density at radius 1 is 1.04 bits per heavy atom. The van der Waals surface area contributed by atoms with Crippen LogP contribution < -0.4 is 0 Å². The second kappa shape index (κ2) is 7.76. The number of para-hydroxylation sites is 2. The highest BCUT2D eigenvalue weighted by molar-refractivity contribution is 6.30. The SMILES string of the molecule is FC(F)(F)c1nc2ccccc2n1CC1CCN(Cc2cccc(Cl)c2)CC1. The van der Waals surface area contributed by atoms with Gasteiger partial charge in [0.2, 0.25) is 5.82 Å². The van der Waals surface area contributed by atoms with E-state index >= 15 is 0 Å². The minimum atomic E-state index is -4.45. The molecule has 28 heavy (non-hydrogen) atoms. The van der Waals surface area contributed by atoms with E-state index in [0.717, 1.165) is 43.1 Å². The summed E-state index contributed by atoms with van der Waals surface area (Å²) < 4.78 is 41.8. The number of likely N-dealkylation sites (tertiary alicyclic amines) is 1. The molecule has 0 bridgehead atoms. The zero-order valence-corrected chi connectivity index (χ0v) is 16.0. The molecule has 0 radical (unpaired) electrons. The smallest absolute Gasteiger partial charge is 0.320 e. The van der Waals surface area contributed by atoms with Crippen LogP contribution in [-0.4, -0.2) is 27.5 Å². The maximum Gasteiger partial charge on any atom is 0.449 e. The van der Waals surface area contributed by atoms with Gasteiger partial charge in [0.15, 0.2) is 0 Å². The van der Waals surface area contributed by atoms with E-state index in [1.54, 1.807) is 24.3 Å². The molecule has 1 aliphatic rings. The lowest BCUT2D eigenvalue weighted by atomic mass is 9.96. The van der Waals surface area contributed by atoms with Crippen molar-refractivity contribution >= 4 is 22.6 Å². The van der Waals surface area contributed by atoms with Crippen molar-refractivity contribution in [3.8, 4) is 0 Å². The van der Waals surface area contributed by atoms with Gasteiger partial charge in [-0.1, -0.05) is 35.9 Å². The zero-order valence-electron chi connectivity index (χ0n) is 15.3. The molecule has 4 rings (SSSR count). The molecular weight excluding hydrogens is 387 g/mol. The number of hydrogen-bond acceptors (Lipinski definition) is 2. The molecule has 0 spiro atoms. The van der Waals surface area contributed by atoms with Gasteiger partial charge in [0.1, 0.15) is 0 Å². The van der Waals surface area contributed by atoms with Crippen LogP contribution in [0, 0.1) is 5.92 Å². The molecule has 7 heteroatoms. The first-order valence-corrected chi connectivity index (χ1v) is 9.77. The third-order valence-electron chi connectivity index (χ3n) is 5.35. The van der Waals surface area contributed by atoms with Crippen molar-refractivity contribution in [2.24, 2.45) is 5.92 Å². The summed E-state index contributed by atoms with van der Waals surface area (Å²) in [6.45, 7) is 2.89. The summed E-state index contributed by atoms with van der Waals surface area (Å²) in [4.78, 5) is 6.18. The fourth-order valence-corrected chi connectivity index (χ4v) is 4.17. The Bertz CT molecular complexity index is 959. The number of halogens is 4. The van der Waals surface area contributed by atoms with Crippen molar-refractivity contribution in [3.63, 3.8) is 0 Å². The standard InChI is InChI=1S/C21H21ClF3N3/c22-17-5-3-4-16(12-17)13-27-10-8-15(9-11-27)14-28-19-7-2-1-6-18(19)26-20(28)21(23,24)25/h1-7,12,15H,8-11,13-14H2. The first kappa shape index (κ1) is 19.3. The van der Waals surface area contributed by atoms with E-state index in [1.165, 1.54) is 4.57 Å². The highest BCUT2D eigenvalue weighted by atomic mass is 35.5. The predicted octanol–water partition coefficient (Wildman–Crippen LogP) is 5.62. The monoisotopic (exact) mass is 407 g/mol. The lowest BCUT2D eigenvalue weighted by Gasteiger charge is -2.32. The van der Waals surface area contributed by atoms with E-state index in [9.17, 15) is 13.2 Å². The first-order valence-electron chi connectivity index (χ1n) is 9.39. The van der Waals surface area contributed by atoms with Crippen molar-refractivity contribution < 1.29 is 13.2 Å². The number of imidazole rings is 1. The summed E-state index contributed by atoms with van der Waals surface area (Å²) in [5.74, 6) is -0.593. The number of alkyl halides is 3. The van der Waals surface area contributed by atoms with Gasteiger partial charge in [-0.05, 0) is 61.7 Å². The van der Waals surface area contributed by atoms with Gasteiger partial charge in [0, 0.05) is 18.1 Å². The number of hydrogen-bond donors (Lipinski definition) is 0. The molecule has 1 aliphatic heterocycles. The van der Waals surface area contributed by atoms with E-state index in [1.807, 2.05) is 24.3 Å². The van der Waals surface area contributed by atoms with E-state index in [2.05, 4.69) is 9.88 Å². The van der Waals surface area contributed by atoms with Crippen molar-refractivity contribution in [1.82, 2.24) is 14.5 Å². The molecule has 0 N–H and O–H groups in total. The minimum Gasteiger partial charge on any atom is -0.320 e. The molecule has 0 amide bonds. The number of fused-ring (bicyclic) bond motifs is 1. The van der Waals surface area contributed by atoms with Crippen molar-refractivity contribution in [1.29, 1.82) is 0 Å². The predicted molar refractivity (Wildman–Crippen MR) is 104 cm³/mol. The largest absolute Gasteiger partial charge is 0.449 e. The summed E-state index contributed by atoms with van der Waals surface area (Å²) >= 11 is 6.05. The van der Waals surface area contributed by atoms with Gasteiger partial charge < -0.3 is 4.57 Å². The number of rotatable bonds is 4. The maximum atomic E-state index is 13.5. The third kappa shape index (κ3) is 4.18.